The summed E-state index contributed by atoms with van der Waals surface area (Å²) in [6.07, 6.45) is 2.19. The van der Waals surface area contributed by atoms with E-state index in [4.69, 9.17) is 0 Å². The van der Waals surface area contributed by atoms with E-state index in [2.05, 4.69) is 9.72 Å². The van der Waals surface area contributed by atoms with Gasteiger partial charge in [-0.25, -0.2) is 13.2 Å². The maximum atomic E-state index is 12.4. The monoisotopic (exact) mass is 340 g/mol. The van der Waals surface area contributed by atoms with Gasteiger partial charge in [-0.1, -0.05) is 6.07 Å². The molecule has 0 N–H and O–H groups in total. The Balaban J connectivity index is 2.09. The molecule has 0 saturated heterocycles. The molecule has 6 nitrogen and oxygen atoms in total. The van der Waals surface area contributed by atoms with Crippen LogP contribution in [-0.2, 0) is 21.2 Å². The Hall–Kier alpha value is -1.77. The number of nitrogens with zero attached hydrogens (tertiary/aromatic N) is 2. The number of likely N-dealkylation sites (N-methyl/N-ethyl adjacent to an activating group) is 1. The lowest BCUT2D eigenvalue weighted by Crippen LogP contribution is -2.28. The third-order valence-electron chi connectivity index (χ3n) is 3.04. The highest BCUT2D eigenvalue weighted by atomic mass is 32.2. The van der Waals surface area contributed by atoms with Crippen LogP contribution in [0.3, 0.4) is 0 Å². The number of thiophene rings is 1. The van der Waals surface area contributed by atoms with Gasteiger partial charge in [0.15, 0.2) is 0 Å². The first-order chi connectivity index (χ1) is 10.4. The smallest absolute Gasteiger partial charge is 0.348 e. The largest absolute Gasteiger partial charge is 0.465 e. The van der Waals surface area contributed by atoms with E-state index < -0.39 is 16.0 Å². The molecule has 0 aliphatic carbocycles. The van der Waals surface area contributed by atoms with Crippen molar-refractivity contribution in [3.05, 3.63) is 47.1 Å². The Morgan fingerprint density at radius 3 is 2.73 bits per heavy atom. The lowest BCUT2D eigenvalue weighted by atomic mass is 10.3. The molecule has 0 saturated carbocycles. The lowest BCUT2D eigenvalue weighted by Gasteiger charge is -2.15. The van der Waals surface area contributed by atoms with E-state index in [1.165, 1.54) is 30.6 Å². The highest BCUT2D eigenvalue weighted by molar-refractivity contribution is 7.91. The number of hydrogen-bond donors (Lipinski definition) is 0. The fraction of sp³-hybridized carbons (Fsp3) is 0.286. The van der Waals surface area contributed by atoms with Crippen LogP contribution in [-0.4, -0.2) is 44.4 Å². The highest BCUT2D eigenvalue weighted by Gasteiger charge is 2.24. The van der Waals surface area contributed by atoms with Crippen molar-refractivity contribution in [1.82, 2.24) is 9.29 Å². The van der Waals surface area contributed by atoms with Crippen molar-refractivity contribution in [1.29, 1.82) is 0 Å². The molecule has 0 radical (unpaired) electrons. The minimum Gasteiger partial charge on any atom is -0.465 e. The summed E-state index contributed by atoms with van der Waals surface area (Å²) in [5, 5.41) is 0. The number of hydrogen-bond acceptors (Lipinski definition) is 6. The van der Waals surface area contributed by atoms with Crippen LogP contribution >= 0.6 is 11.3 Å². The SMILES string of the molecule is COC(=O)c1ccc(S(=O)(=O)N(C)CCc2ccccn2)s1. The number of aromatic nitrogens is 1. The van der Waals surface area contributed by atoms with Crippen molar-refractivity contribution in [3.63, 3.8) is 0 Å². The zero-order valence-electron chi connectivity index (χ0n) is 12.2. The molecule has 0 spiro atoms. The summed E-state index contributed by atoms with van der Waals surface area (Å²) in [5.74, 6) is -0.539. The van der Waals surface area contributed by atoms with Crippen molar-refractivity contribution in [3.8, 4) is 0 Å². The molecule has 2 aromatic rings. The highest BCUT2D eigenvalue weighted by Crippen LogP contribution is 2.24. The molecular formula is C14H16N2O4S2. The molecule has 22 heavy (non-hydrogen) atoms. The second kappa shape index (κ2) is 6.99. The fourth-order valence-electron chi connectivity index (χ4n) is 1.76. The van der Waals surface area contributed by atoms with Crippen molar-refractivity contribution in [2.45, 2.75) is 10.6 Å². The van der Waals surface area contributed by atoms with E-state index in [-0.39, 0.29) is 9.09 Å². The van der Waals surface area contributed by atoms with Gasteiger partial charge in [-0.15, -0.1) is 11.3 Å². The summed E-state index contributed by atoms with van der Waals surface area (Å²) in [6.45, 7) is 0.310. The normalized spacial score (nSPS) is 11.6. The van der Waals surface area contributed by atoms with Gasteiger partial charge in [-0.3, -0.25) is 4.98 Å². The maximum Gasteiger partial charge on any atom is 0.348 e. The van der Waals surface area contributed by atoms with Crippen LogP contribution < -0.4 is 0 Å². The van der Waals surface area contributed by atoms with Gasteiger partial charge >= 0.3 is 5.97 Å². The third-order valence-corrected chi connectivity index (χ3v) is 6.43. The van der Waals surface area contributed by atoms with Gasteiger partial charge in [0.1, 0.15) is 9.09 Å². The molecule has 8 heteroatoms. The number of carbonyl (C=O) groups excluding carboxylic acids is 1. The molecule has 0 aliphatic rings. The molecule has 0 unspecified atom stereocenters. The minimum atomic E-state index is -3.61. The molecule has 2 rings (SSSR count). The van der Waals surface area contributed by atoms with Crippen LogP contribution in [0, 0.1) is 0 Å². The van der Waals surface area contributed by atoms with Gasteiger partial charge in [-0.2, -0.15) is 4.31 Å². The Morgan fingerprint density at radius 1 is 1.32 bits per heavy atom. The minimum absolute atomic E-state index is 0.122. The van der Waals surface area contributed by atoms with Crippen molar-refractivity contribution in [2.75, 3.05) is 20.7 Å². The maximum absolute atomic E-state index is 12.4. The summed E-state index contributed by atoms with van der Waals surface area (Å²) >= 11 is 0.903. The van der Waals surface area contributed by atoms with Gasteiger partial charge in [0.2, 0.25) is 0 Å². The summed E-state index contributed by atoms with van der Waals surface area (Å²) in [7, 11) is -0.845. The number of rotatable bonds is 6. The van der Waals surface area contributed by atoms with Crippen molar-refractivity contribution in [2.24, 2.45) is 0 Å². The zero-order chi connectivity index (χ0) is 16.2. The van der Waals surface area contributed by atoms with Crippen LogP contribution in [0.5, 0.6) is 0 Å². The molecule has 0 atom stereocenters. The molecule has 2 aromatic heterocycles. The van der Waals surface area contributed by atoms with Crippen LogP contribution in [0.1, 0.15) is 15.4 Å². The molecule has 0 amide bonds. The summed E-state index contributed by atoms with van der Waals surface area (Å²) in [6, 6.07) is 8.39. The van der Waals surface area contributed by atoms with Crippen LogP contribution in [0.15, 0.2) is 40.7 Å². The van der Waals surface area contributed by atoms with Crippen LogP contribution in [0.4, 0.5) is 0 Å². The average Bonchev–Trinajstić information content (AvgIpc) is 3.03. The van der Waals surface area contributed by atoms with E-state index in [1.54, 1.807) is 6.20 Å². The first-order valence-electron chi connectivity index (χ1n) is 6.49. The number of methoxy groups -OCH3 is 1. The molecule has 0 fully saturated rings. The third kappa shape index (κ3) is 3.70. The molecule has 0 aromatic carbocycles. The first-order valence-corrected chi connectivity index (χ1v) is 8.75. The number of ether oxygens (including phenoxy) is 1. The van der Waals surface area contributed by atoms with Gasteiger partial charge < -0.3 is 4.74 Å². The quantitative estimate of drug-likeness (QED) is 0.749. The average molecular weight is 340 g/mol. The van der Waals surface area contributed by atoms with Crippen molar-refractivity contribution < 1.29 is 17.9 Å². The van der Waals surface area contributed by atoms with Gasteiger partial charge in [-0.05, 0) is 24.3 Å². The van der Waals surface area contributed by atoms with E-state index in [0.29, 0.717) is 13.0 Å². The van der Waals surface area contributed by atoms with Crippen LogP contribution in [0.2, 0.25) is 0 Å². The van der Waals surface area contributed by atoms with E-state index in [1.807, 2.05) is 18.2 Å². The van der Waals surface area contributed by atoms with Gasteiger partial charge in [0.25, 0.3) is 10.0 Å². The van der Waals surface area contributed by atoms with E-state index >= 15 is 0 Å². The topological polar surface area (TPSA) is 76.6 Å². The molecule has 118 valence electrons. The summed E-state index contributed by atoms with van der Waals surface area (Å²) < 4.78 is 30.8. The fourth-order valence-corrected chi connectivity index (χ4v) is 4.37. The summed E-state index contributed by atoms with van der Waals surface area (Å²) in [4.78, 5) is 15.8. The van der Waals surface area contributed by atoms with Gasteiger partial charge in [0.05, 0.1) is 7.11 Å². The predicted octanol–water partition coefficient (Wildman–Crippen LogP) is 1.79. The Labute approximate surface area is 133 Å². The molecular weight excluding hydrogens is 324 g/mol. The Kier molecular flexibility index (Phi) is 5.28. The number of esters is 1. The van der Waals surface area contributed by atoms with Gasteiger partial charge in [0, 0.05) is 31.9 Å². The first kappa shape index (κ1) is 16.6. The van der Waals surface area contributed by atoms with E-state index in [9.17, 15) is 13.2 Å². The molecule has 0 aliphatic heterocycles. The number of pyridine rings is 1. The van der Waals surface area contributed by atoms with E-state index in [0.717, 1.165) is 17.0 Å². The summed E-state index contributed by atoms with van der Waals surface area (Å²) in [5.41, 5.74) is 0.825. The molecule has 2 heterocycles. The lowest BCUT2D eigenvalue weighted by molar-refractivity contribution is 0.0606. The number of carbonyl (C=O) groups is 1. The number of sulfonamides is 1. The predicted molar refractivity (Wildman–Crippen MR) is 83.4 cm³/mol. The molecule has 0 bridgehead atoms. The van der Waals surface area contributed by atoms with Crippen molar-refractivity contribution >= 4 is 27.3 Å². The standard InChI is InChI=1S/C14H16N2O4S2/c1-16(10-8-11-5-3-4-9-15-11)22(18,19)13-7-6-12(21-13)14(17)20-2/h3-7,9H,8,10H2,1-2H3. The van der Waals surface area contributed by atoms with Crippen LogP contribution in [0.25, 0.3) is 0 Å². The Bertz CT molecular complexity index is 741. The second-order valence-electron chi connectivity index (χ2n) is 4.51. The Morgan fingerprint density at radius 2 is 2.09 bits per heavy atom. The zero-order valence-corrected chi connectivity index (χ0v) is 13.9. The second-order valence-corrected chi connectivity index (χ2v) is 7.86.